The smallest absolute Gasteiger partial charge is 0.268 e. The molecule has 16 heavy (non-hydrogen) atoms. The molecular formula is C12H21N3O. The van der Waals surface area contributed by atoms with Crippen molar-refractivity contribution in [3.8, 4) is 0 Å². The van der Waals surface area contributed by atoms with Gasteiger partial charge in [-0.15, -0.1) is 0 Å². The lowest BCUT2D eigenvalue weighted by molar-refractivity contribution is 0.336. The number of anilines is 1. The molecule has 0 amide bonds. The first-order valence-corrected chi connectivity index (χ1v) is 5.73. The van der Waals surface area contributed by atoms with E-state index in [1.54, 1.807) is 12.3 Å². The number of nitrogens with one attached hydrogen (secondary N) is 1. The van der Waals surface area contributed by atoms with Crippen LogP contribution in [0.25, 0.3) is 0 Å². The quantitative estimate of drug-likeness (QED) is 0.850. The van der Waals surface area contributed by atoms with E-state index in [9.17, 15) is 4.79 Å². The van der Waals surface area contributed by atoms with Gasteiger partial charge in [-0.3, -0.25) is 4.79 Å². The normalized spacial score (nSPS) is 11.5. The van der Waals surface area contributed by atoms with Crippen molar-refractivity contribution in [2.75, 3.05) is 11.9 Å². The van der Waals surface area contributed by atoms with E-state index in [2.05, 4.69) is 31.2 Å². The Labute approximate surface area is 96.7 Å². The number of hydrogen-bond donors (Lipinski definition) is 1. The Kier molecular flexibility index (Phi) is 4.10. The van der Waals surface area contributed by atoms with Crippen LogP contribution in [0.5, 0.6) is 0 Å². The largest absolute Gasteiger partial charge is 0.384 e. The van der Waals surface area contributed by atoms with Gasteiger partial charge < -0.3 is 5.32 Å². The van der Waals surface area contributed by atoms with Crippen LogP contribution in [0, 0.1) is 5.41 Å². The summed E-state index contributed by atoms with van der Waals surface area (Å²) in [5.41, 5.74) is 0.976. The van der Waals surface area contributed by atoms with Gasteiger partial charge in [0.2, 0.25) is 0 Å². The SMILES string of the molecule is CCNc1cnn(CCC(C)(C)C)c(=O)c1. The van der Waals surface area contributed by atoms with Gasteiger partial charge in [-0.05, 0) is 18.8 Å². The minimum atomic E-state index is -0.0392. The molecule has 0 aromatic carbocycles. The fourth-order valence-corrected chi connectivity index (χ4v) is 1.34. The summed E-state index contributed by atoms with van der Waals surface area (Å²) in [5, 5.41) is 7.21. The second-order valence-electron chi connectivity index (χ2n) is 5.15. The average Bonchev–Trinajstić information content (AvgIpc) is 2.15. The molecule has 4 nitrogen and oxygen atoms in total. The van der Waals surface area contributed by atoms with Gasteiger partial charge in [0, 0.05) is 19.2 Å². The van der Waals surface area contributed by atoms with Gasteiger partial charge in [0.15, 0.2) is 0 Å². The van der Waals surface area contributed by atoms with Crippen molar-refractivity contribution in [3.05, 3.63) is 22.6 Å². The molecule has 0 radical (unpaired) electrons. The van der Waals surface area contributed by atoms with Gasteiger partial charge in [0.05, 0.1) is 11.9 Å². The fourth-order valence-electron chi connectivity index (χ4n) is 1.34. The zero-order valence-electron chi connectivity index (χ0n) is 10.6. The standard InChI is InChI=1S/C12H21N3O/c1-5-13-10-8-11(16)15(14-9-10)7-6-12(2,3)4/h8-9,13H,5-7H2,1-4H3. The Balaban J connectivity index is 2.72. The van der Waals surface area contributed by atoms with Crippen molar-refractivity contribution >= 4 is 5.69 Å². The minimum Gasteiger partial charge on any atom is -0.384 e. The number of nitrogens with zero attached hydrogens (tertiary/aromatic N) is 2. The Hall–Kier alpha value is -1.32. The third kappa shape index (κ3) is 4.04. The van der Waals surface area contributed by atoms with Crippen LogP contribution in [0.1, 0.15) is 34.1 Å². The summed E-state index contributed by atoms with van der Waals surface area (Å²) in [4.78, 5) is 11.7. The average molecular weight is 223 g/mol. The van der Waals surface area contributed by atoms with Crippen molar-refractivity contribution in [1.82, 2.24) is 9.78 Å². The van der Waals surface area contributed by atoms with Crippen LogP contribution in [0.4, 0.5) is 5.69 Å². The van der Waals surface area contributed by atoms with E-state index in [0.29, 0.717) is 6.54 Å². The topological polar surface area (TPSA) is 46.9 Å². The third-order valence-corrected chi connectivity index (χ3v) is 2.32. The third-order valence-electron chi connectivity index (χ3n) is 2.32. The highest BCUT2D eigenvalue weighted by Crippen LogP contribution is 2.18. The first kappa shape index (κ1) is 12.7. The Morgan fingerprint density at radius 2 is 2.12 bits per heavy atom. The van der Waals surface area contributed by atoms with Crippen LogP contribution < -0.4 is 10.9 Å². The van der Waals surface area contributed by atoms with Crippen molar-refractivity contribution in [2.45, 2.75) is 40.7 Å². The molecule has 0 aliphatic rings. The Morgan fingerprint density at radius 3 is 2.62 bits per heavy atom. The van der Waals surface area contributed by atoms with Crippen LogP contribution in [-0.2, 0) is 6.54 Å². The zero-order valence-corrected chi connectivity index (χ0v) is 10.6. The van der Waals surface area contributed by atoms with Crippen LogP contribution in [0.2, 0.25) is 0 Å². The molecule has 1 heterocycles. The van der Waals surface area contributed by atoms with Crippen molar-refractivity contribution in [1.29, 1.82) is 0 Å². The molecule has 1 aromatic heterocycles. The van der Waals surface area contributed by atoms with Gasteiger partial charge in [0.25, 0.3) is 5.56 Å². The van der Waals surface area contributed by atoms with E-state index in [4.69, 9.17) is 0 Å². The highest BCUT2D eigenvalue weighted by atomic mass is 16.1. The maximum atomic E-state index is 11.7. The monoisotopic (exact) mass is 223 g/mol. The van der Waals surface area contributed by atoms with E-state index in [1.165, 1.54) is 4.68 Å². The molecule has 90 valence electrons. The molecule has 0 atom stereocenters. The molecule has 0 saturated heterocycles. The van der Waals surface area contributed by atoms with Crippen LogP contribution in [0.15, 0.2) is 17.1 Å². The second kappa shape index (κ2) is 5.14. The summed E-state index contributed by atoms with van der Waals surface area (Å²) in [6.45, 7) is 9.94. The lowest BCUT2D eigenvalue weighted by Gasteiger charge is -2.18. The highest BCUT2D eigenvalue weighted by Gasteiger charge is 2.10. The van der Waals surface area contributed by atoms with Crippen molar-refractivity contribution in [3.63, 3.8) is 0 Å². The zero-order chi connectivity index (χ0) is 12.2. The maximum absolute atomic E-state index is 11.7. The number of aromatic nitrogens is 2. The molecular weight excluding hydrogens is 202 g/mol. The molecule has 1 N–H and O–H groups in total. The Bertz CT molecular complexity index is 390. The van der Waals surface area contributed by atoms with E-state index >= 15 is 0 Å². The molecule has 0 fully saturated rings. The molecule has 0 aliphatic heterocycles. The first-order chi connectivity index (χ1) is 7.42. The van der Waals surface area contributed by atoms with E-state index in [0.717, 1.165) is 18.7 Å². The molecule has 1 rings (SSSR count). The van der Waals surface area contributed by atoms with Crippen LogP contribution >= 0.6 is 0 Å². The molecule has 0 aliphatic carbocycles. The van der Waals surface area contributed by atoms with Gasteiger partial charge in [0.1, 0.15) is 0 Å². The van der Waals surface area contributed by atoms with Crippen LogP contribution in [0.3, 0.4) is 0 Å². The summed E-state index contributed by atoms with van der Waals surface area (Å²) >= 11 is 0. The minimum absolute atomic E-state index is 0.0392. The predicted octanol–water partition coefficient (Wildman–Crippen LogP) is 2.11. The van der Waals surface area contributed by atoms with Gasteiger partial charge >= 0.3 is 0 Å². The summed E-state index contributed by atoms with van der Waals surface area (Å²) in [6.07, 6.45) is 2.65. The fraction of sp³-hybridized carbons (Fsp3) is 0.667. The molecule has 0 unspecified atom stereocenters. The summed E-state index contributed by atoms with van der Waals surface area (Å²) in [7, 11) is 0. The van der Waals surface area contributed by atoms with Crippen molar-refractivity contribution in [2.24, 2.45) is 5.41 Å². The van der Waals surface area contributed by atoms with Gasteiger partial charge in [-0.25, -0.2) is 4.68 Å². The van der Waals surface area contributed by atoms with E-state index < -0.39 is 0 Å². The Morgan fingerprint density at radius 1 is 1.44 bits per heavy atom. The maximum Gasteiger partial charge on any atom is 0.268 e. The highest BCUT2D eigenvalue weighted by molar-refractivity contribution is 5.38. The predicted molar refractivity (Wildman–Crippen MR) is 66.7 cm³/mol. The first-order valence-electron chi connectivity index (χ1n) is 5.73. The lowest BCUT2D eigenvalue weighted by Crippen LogP contribution is -2.24. The molecule has 0 saturated carbocycles. The number of aryl methyl sites for hydroxylation is 1. The van der Waals surface area contributed by atoms with Crippen molar-refractivity contribution < 1.29 is 0 Å². The van der Waals surface area contributed by atoms with Crippen LogP contribution in [-0.4, -0.2) is 16.3 Å². The molecule has 1 aromatic rings. The van der Waals surface area contributed by atoms with E-state index in [1.807, 2.05) is 6.92 Å². The lowest BCUT2D eigenvalue weighted by atomic mass is 9.92. The van der Waals surface area contributed by atoms with E-state index in [-0.39, 0.29) is 11.0 Å². The van der Waals surface area contributed by atoms with Gasteiger partial charge in [-0.2, -0.15) is 5.10 Å². The number of rotatable bonds is 4. The summed E-state index contributed by atoms with van der Waals surface area (Å²) < 4.78 is 1.52. The molecule has 4 heteroatoms. The molecule has 0 bridgehead atoms. The second-order valence-corrected chi connectivity index (χ2v) is 5.15. The number of hydrogen-bond acceptors (Lipinski definition) is 3. The summed E-state index contributed by atoms with van der Waals surface area (Å²) in [5.74, 6) is 0. The summed E-state index contributed by atoms with van der Waals surface area (Å²) in [6, 6.07) is 1.60. The van der Waals surface area contributed by atoms with Gasteiger partial charge in [-0.1, -0.05) is 20.8 Å². The molecule has 0 spiro atoms.